The second-order valence-corrected chi connectivity index (χ2v) is 3.20. The highest BCUT2D eigenvalue weighted by atomic mass is 16.1. The van der Waals surface area contributed by atoms with E-state index in [-0.39, 0.29) is 11.7 Å². The lowest BCUT2D eigenvalue weighted by molar-refractivity contribution is 0.0839. The Kier molecular flexibility index (Phi) is 1.67. The molecule has 0 spiro atoms. The van der Waals surface area contributed by atoms with Crippen molar-refractivity contribution in [2.75, 3.05) is 0 Å². The van der Waals surface area contributed by atoms with Gasteiger partial charge in [0.1, 0.15) is 6.33 Å². The predicted molar refractivity (Wildman–Crippen MR) is 42.7 cm³/mol. The van der Waals surface area contributed by atoms with Crippen LogP contribution in [-0.4, -0.2) is 20.5 Å². The molecule has 4 heteroatoms. The van der Waals surface area contributed by atoms with Gasteiger partial charge in [0.2, 0.25) is 5.78 Å². The van der Waals surface area contributed by atoms with Gasteiger partial charge in [-0.05, 0) is 12.8 Å². The van der Waals surface area contributed by atoms with Crippen LogP contribution in [0.1, 0.15) is 29.9 Å². The number of rotatable bonds is 2. The standard InChI is InChI=1S/C8H11N3O/c1-11-8(9-5-10-11)7(12)6-3-2-4-6/h5-6H,2-4H2,1H3. The summed E-state index contributed by atoms with van der Waals surface area (Å²) in [6.07, 6.45) is 4.64. The maximum atomic E-state index is 11.6. The quantitative estimate of drug-likeness (QED) is 0.609. The molecule has 0 aromatic carbocycles. The van der Waals surface area contributed by atoms with Gasteiger partial charge in [0.05, 0.1) is 0 Å². The van der Waals surface area contributed by atoms with Crippen LogP contribution in [0.2, 0.25) is 0 Å². The minimum Gasteiger partial charge on any atom is -0.290 e. The summed E-state index contributed by atoms with van der Waals surface area (Å²) in [5, 5.41) is 3.86. The number of hydrogen-bond donors (Lipinski definition) is 0. The summed E-state index contributed by atoms with van der Waals surface area (Å²) in [5.41, 5.74) is 0. The van der Waals surface area contributed by atoms with Gasteiger partial charge in [-0.3, -0.25) is 4.79 Å². The van der Waals surface area contributed by atoms with Crippen LogP contribution in [0.4, 0.5) is 0 Å². The van der Waals surface area contributed by atoms with Gasteiger partial charge in [-0.15, -0.1) is 0 Å². The Morgan fingerprint density at radius 2 is 2.42 bits per heavy atom. The molecule has 2 rings (SSSR count). The van der Waals surface area contributed by atoms with E-state index in [1.54, 1.807) is 11.7 Å². The van der Waals surface area contributed by atoms with Crippen LogP contribution in [-0.2, 0) is 7.05 Å². The van der Waals surface area contributed by atoms with Crippen molar-refractivity contribution < 1.29 is 4.79 Å². The maximum Gasteiger partial charge on any atom is 0.202 e. The molecule has 1 aromatic rings. The molecule has 0 atom stereocenters. The van der Waals surface area contributed by atoms with E-state index in [0.29, 0.717) is 5.82 Å². The van der Waals surface area contributed by atoms with Gasteiger partial charge < -0.3 is 0 Å². The molecule has 64 valence electrons. The molecule has 12 heavy (non-hydrogen) atoms. The molecule has 0 aliphatic heterocycles. The average Bonchev–Trinajstić information content (AvgIpc) is 2.31. The number of hydrogen-bond acceptors (Lipinski definition) is 3. The van der Waals surface area contributed by atoms with Gasteiger partial charge in [-0.2, -0.15) is 5.10 Å². The third-order valence-corrected chi connectivity index (χ3v) is 2.41. The Hall–Kier alpha value is -1.19. The van der Waals surface area contributed by atoms with E-state index in [9.17, 15) is 4.79 Å². The SMILES string of the molecule is Cn1ncnc1C(=O)C1CCC1. The third kappa shape index (κ3) is 1.03. The molecule has 1 aliphatic carbocycles. The minimum atomic E-state index is 0.154. The fourth-order valence-corrected chi connectivity index (χ4v) is 1.37. The first-order valence-corrected chi connectivity index (χ1v) is 4.17. The predicted octanol–water partition coefficient (Wildman–Crippen LogP) is 0.798. The van der Waals surface area contributed by atoms with Gasteiger partial charge >= 0.3 is 0 Å². The van der Waals surface area contributed by atoms with Gasteiger partial charge in [-0.1, -0.05) is 6.42 Å². The lowest BCUT2D eigenvalue weighted by Crippen LogP contribution is -2.24. The van der Waals surface area contributed by atoms with E-state index < -0.39 is 0 Å². The highest BCUT2D eigenvalue weighted by molar-refractivity contribution is 5.95. The Labute approximate surface area is 70.6 Å². The Bertz CT molecular complexity index is 301. The number of ketones is 1. The van der Waals surface area contributed by atoms with Crippen molar-refractivity contribution >= 4 is 5.78 Å². The summed E-state index contributed by atoms with van der Waals surface area (Å²) in [4.78, 5) is 15.5. The number of carbonyl (C=O) groups excluding carboxylic acids is 1. The molecule has 4 nitrogen and oxygen atoms in total. The lowest BCUT2D eigenvalue weighted by Gasteiger charge is -2.22. The van der Waals surface area contributed by atoms with E-state index in [0.717, 1.165) is 12.8 Å². The van der Waals surface area contributed by atoms with Gasteiger partial charge in [0.15, 0.2) is 5.82 Å². The van der Waals surface area contributed by atoms with Gasteiger partial charge in [0.25, 0.3) is 0 Å². The molecule has 1 saturated carbocycles. The fourth-order valence-electron chi connectivity index (χ4n) is 1.37. The molecule has 0 saturated heterocycles. The summed E-state index contributed by atoms with van der Waals surface area (Å²) in [6.45, 7) is 0. The monoisotopic (exact) mass is 165 g/mol. The molecular weight excluding hydrogens is 154 g/mol. The number of aromatic nitrogens is 3. The maximum absolute atomic E-state index is 11.6. The van der Waals surface area contributed by atoms with Crippen molar-refractivity contribution in [3.8, 4) is 0 Å². The van der Waals surface area contributed by atoms with Crippen LogP contribution in [0.15, 0.2) is 6.33 Å². The Morgan fingerprint density at radius 3 is 2.83 bits per heavy atom. The van der Waals surface area contributed by atoms with Crippen molar-refractivity contribution in [3.05, 3.63) is 12.2 Å². The number of carbonyl (C=O) groups is 1. The highest BCUT2D eigenvalue weighted by Crippen LogP contribution is 2.28. The zero-order chi connectivity index (χ0) is 8.55. The molecule has 0 radical (unpaired) electrons. The molecule has 1 aromatic heterocycles. The Morgan fingerprint density at radius 1 is 1.67 bits per heavy atom. The first kappa shape index (κ1) is 7.46. The van der Waals surface area contributed by atoms with E-state index in [1.165, 1.54) is 12.7 Å². The molecule has 0 N–H and O–H groups in total. The fraction of sp³-hybridized carbons (Fsp3) is 0.625. The van der Waals surface area contributed by atoms with E-state index in [1.807, 2.05) is 0 Å². The first-order chi connectivity index (χ1) is 5.79. The Balaban J connectivity index is 2.19. The van der Waals surface area contributed by atoms with Crippen molar-refractivity contribution in [2.24, 2.45) is 13.0 Å². The van der Waals surface area contributed by atoms with Crippen molar-refractivity contribution in [3.63, 3.8) is 0 Å². The van der Waals surface area contributed by atoms with Gasteiger partial charge in [-0.25, -0.2) is 9.67 Å². The normalized spacial score (nSPS) is 17.4. The number of nitrogens with zero attached hydrogens (tertiary/aromatic N) is 3. The number of Topliss-reactive ketones (excluding diaryl/α,β-unsaturated/α-hetero) is 1. The molecule has 1 heterocycles. The molecule has 0 bridgehead atoms. The van der Waals surface area contributed by atoms with Crippen LogP contribution in [0.25, 0.3) is 0 Å². The second-order valence-electron chi connectivity index (χ2n) is 3.20. The molecular formula is C8H11N3O. The molecule has 1 fully saturated rings. The molecule has 1 aliphatic rings. The summed E-state index contributed by atoms with van der Waals surface area (Å²) in [7, 11) is 1.75. The first-order valence-electron chi connectivity index (χ1n) is 4.17. The summed E-state index contributed by atoms with van der Waals surface area (Å²) < 4.78 is 1.54. The van der Waals surface area contributed by atoms with Crippen molar-refractivity contribution in [2.45, 2.75) is 19.3 Å². The van der Waals surface area contributed by atoms with Crippen LogP contribution in [0.3, 0.4) is 0 Å². The topological polar surface area (TPSA) is 47.8 Å². The minimum absolute atomic E-state index is 0.154. The smallest absolute Gasteiger partial charge is 0.202 e. The average molecular weight is 165 g/mol. The number of aryl methyl sites for hydroxylation is 1. The van der Waals surface area contributed by atoms with Crippen LogP contribution < -0.4 is 0 Å². The highest BCUT2D eigenvalue weighted by Gasteiger charge is 2.28. The molecule has 0 amide bonds. The zero-order valence-corrected chi connectivity index (χ0v) is 7.03. The largest absolute Gasteiger partial charge is 0.290 e. The van der Waals surface area contributed by atoms with E-state index in [4.69, 9.17) is 0 Å². The summed E-state index contributed by atoms with van der Waals surface area (Å²) in [5.74, 6) is 0.869. The zero-order valence-electron chi connectivity index (χ0n) is 7.03. The van der Waals surface area contributed by atoms with Crippen molar-refractivity contribution in [1.29, 1.82) is 0 Å². The summed E-state index contributed by atoms with van der Waals surface area (Å²) >= 11 is 0. The van der Waals surface area contributed by atoms with E-state index >= 15 is 0 Å². The van der Waals surface area contributed by atoms with Crippen LogP contribution in [0.5, 0.6) is 0 Å². The summed E-state index contributed by atoms with van der Waals surface area (Å²) in [6, 6.07) is 0. The van der Waals surface area contributed by atoms with Gasteiger partial charge in [0, 0.05) is 13.0 Å². The molecule has 0 unspecified atom stereocenters. The second kappa shape index (κ2) is 2.69. The third-order valence-electron chi connectivity index (χ3n) is 2.41. The lowest BCUT2D eigenvalue weighted by atomic mass is 9.82. The van der Waals surface area contributed by atoms with Crippen LogP contribution >= 0.6 is 0 Å². The van der Waals surface area contributed by atoms with E-state index in [2.05, 4.69) is 10.1 Å². The van der Waals surface area contributed by atoms with Crippen LogP contribution in [0, 0.1) is 5.92 Å². The van der Waals surface area contributed by atoms with Crippen molar-refractivity contribution in [1.82, 2.24) is 14.8 Å².